The quantitative estimate of drug-likeness (QED) is 0.717. The van der Waals surface area contributed by atoms with Crippen LogP contribution in [0.5, 0.6) is 0 Å². The van der Waals surface area contributed by atoms with Gasteiger partial charge < -0.3 is 4.90 Å². The summed E-state index contributed by atoms with van der Waals surface area (Å²) in [5, 5.41) is 0. The van der Waals surface area contributed by atoms with Gasteiger partial charge in [-0.2, -0.15) is 0 Å². The average Bonchev–Trinajstić information content (AvgIpc) is 2.99. The van der Waals surface area contributed by atoms with E-state index >= 15 is 0 Å². The molecule has 0 saturated carbocycles. The van der Waals surface area contributed by atoms with Gasteiger partial charge in [-0.05, 0) is 38.0 Å². The van der Waals surface area contributed by atoms with Crippen molar-refractivity contribution >= 4 is 17.7 Å². The average molecular weight is 405 g/mol. The topological polar surface area (TPSA) is 60.9 Å². The molecule has 0 N–H and O–H groups in total. The van der Waals surface area contributed by atoms with E-state index in [0.29, 0.717) is 24.2 Å². The van der Waals surface area contributed by atoms with E-state index in [1.54, 1.807) is 29.2 Å². The minimum atomic E-state index is -0.383. The first-order chi connectivity index (χ1) is 14.5. The monoisotopic (exact) mass is 405 g/mol. The van der Waals surface area contributed by atoms with Gasteiger partial charge in [0.05, 0.1) is 11.1 Å². The van der Waals surface area contributed by atoms with E-state index in [9.17, 15) is 14.4 Å². The molecule has 2 aromatic carbocycles. The molecule has 0 spiro atoms. The lowest BCUT2D eigenvalue weighted by atomic mass is 10.1. The molecule has 6 nitrogen and oxygen atoms in total. The van der Waals surface area contributed by atoms with Crippen molar-refractivity contribution in [3.8, 4) is 0 Å². The van der Waals surface area contributed by atoms with Gasteiger partial charge in [0.1, 0.15) is 6.54 Å². The molecule has 2 aromatic rings. The number of carbonyl (C=O) groups is 3. The van der Waals surface area contributed by atoms with Gasteiger partial charge in [-0.3, -0.25) is 24.2 Å². The largest absolute Gasteiger partial charge is 0.338 e. The number of benzene rings is 2. The summed E-state index contributed by atoms with van der Waals surface area (Å²) in [7, 11) is 0. The Labute approximate surface area is 177 Å². The van der Waals surface area contributed by atoms with Crippen molar-refractivity contribution in [2.75, 3.05) is 26.2 Å². The molecule has 2 aliphatic rings. The predicted octanol–water partition coefficient (Wildman–Crippen LogP) is 2.45. The fourth-order valence-corrected chi connectivity index (χ4v) is 4.52. The zero-order valence-electron chi connectivity index (χ0n) is 17.5. The second kappa shape index (κ2) is 8.40. The first kappa shape index (κ1) is 20.3. The molecule has 2 heterocycles. The van der Waals surface area contributed by atoms with Gasteiger partial charge in [0.15, 0.2) is 0 Å². The highest BCUT2D eigenvalue weighted by Crippen LogP contribution is 2.23. The van der Waals surface area contributed by atoms with Gasteiger partial charge in [0.25, 0.3) is 11.8 Å². The van der Waals surface area contributed by atoms with Crippen LogP contribution in [-0.2, 0) is 11.2 Å². The molecule has 1 fully saturated rings. The maximum atomic E-state index is 12.9. The lowest BCUT2D eigenvalue weighted by Crippen LogP contribution is -2.59. The van der Waals surface area contributed by atoms with E-state index in [4.69, 9.17) is 0 Å². The van der Waals surface area contributed by atoms with Gasteiger partial charge in [0.2, 0.25) is 5.91 Å². The second-order valence-electron chi connectivity index (χ2n) is 8.21. The summed E-state index contributed by atoms with van der Waals surface area (Å²) in [5.41, 5.74) is 2.06. The third kappa shape index (κ3) is 3.87. The molecular weight excluding hydrogens is 378 g/mol. The summed E-state index contributed by atoms with van der Waals surface area (Å²) in [6.07, 6.45) is 0.971. The third-order valence-electron chi connectivity index (χ3n) is 6.13. The number of amides is 3. The van der Waals surface area contributed by atoms with Crippen LogP contribution in [0.3, 0.4) is 0 Å². The zero-order valence-corrected chi connectivity index (χ0v) is 17.5. The van der Waals surface area contributed by atoms with E-state index in [-0.39, 0.29) is 36.3 Å². The van der Waals surface area contributed by atoms with Gasteiger partial charge in [-0.15, -0.1) is 0 Å². The van der Waals surface area contributed by atoms with E-state index in [1.807, 2.05) is 6.07 Å². The molecule has 1 saturated heterocycles. The first-order valence-corrected chi connectivity index (χ1v) is 10.5. The Kier molecular flexibility index (Phi) is 5.68. The molecule has 4 rings (SSSR count). The fraction of sp³-hybridized carbons (Fsp3) is 0.375. The highest BCUT2D eigenvalue weighted by atomic mass is 16.2. The number of rotatable bonds is 5. The van der Waals surface area contributed by atoms with Crippen molar-refractivity contribution in [2.24, 2.45) is 0 Å². The Bertz CT molecular complexity index is 912. The number of nitrogens with zero attached hydrogens (tertiary/aromatic N) is 3. The first-order valence-electron chi connectivity index (χ1n) is 10.5. The molecule has 30 heavy (non-hydrogen) atoms. The standard InChI is InChI=1S/C24H27N3O3/c1-17-14-25(15-18(2)26(17)13-12-19-8-4-3-5-9-19)22(28)16-27-23(29)20-10-6-7-11-21(20)24(27)30/h3-11,17-18H,12-16H2,1-2H3. The van der Waals surface area contributed by atoms with Crippen LogP contribution < -0.4 is 0 Å². The highest BCUT2D eigenvalue weighted by Gasteiger charge is 2.38. The Morgan fingerprint density at radius 3 is 1.97 bits per heavy atom. The summed E-state index contributed by atoms with van der Waals surface area (Å²) < 4.78 is 0. The third-order valence-corrected chi connectivity index (χ3v) is 6.13. The Hall–Kier alpha value is -2.99. The highest BCUT2D eigenvalue weighted by molar-refractivity contribution is 6.22. The lowest BCUT2D eigenvalue weighted by molar-refractivity contribution is -0.135. The Morgan fingerprint density at radius 2 is 1.40 bits per heavy atom. The molecule has 2 aliphatic heterocycles. The molecule has 2 atom stereocenters. The van der Waals surface area contributed by atoms with Crippen LogP contribution in [0.4, 0.5) is 0 Å². The second-order valence-corrected chi connectivity index (χ2v) is 8.21. The summed E-state index contributed by atoms with van der Waals surface area (Å²) in [6, 6.07) is 17.6. The van der Waals surface area contributed by atoms with Crippen LogP contribution in [0.2, 0.25) is 0 Å². The normalized spacial score (nSPS) is 21.8. The molecule has 0 radical (unpaired) electrons. The number of carbonyl (C=O) groups excluding carboxylic acids is 3. The van der Waals surface area contributed by atoms with E-state index in [0.717, 1.165) is 17.9 Å². The van der Waals surface area contributed by atoms with Crippen LogP contribution in [0.25, 0.3) is 0 Å². The maximum Gasteiger partial charge on any atom is 0.262 e. The summed E-state index contributed by atoms with van der Waals surface area (Å²) in [4.78, 5) is 43.3. The van der Waals surface area contributed by atoms with Crippen LogP contribution in [-0.4, -0.2) is 70.7 Å². The molecule has 0 aromatic heterocycles. The molecule has 2 unspecified atom stereocenters. The number of fused-ring (bicyclic) bond motifs is 1. The summed E-state index contributed by atoms with van der Waals surface area (Å²) in [5.74, 6) is -0.941. The van der Waals surface area contributed by atoms with Crippen molar-refractivity contribution < 1.29 is 14.4 Å². The SMILES string of the molecule is CC1CN(C(=O)CN2C(=O)c3ccccc3C2=O)CC(C)N1CCc1ccccc1. The van der Waals surface area contributed by atoms with Crippen molar-refractivity contribution in [1.29, 1.82) is 0 Å². The number of imide groups is 1. The molecule has 156 valence electrons. The molecule has 0 aliphatic carbocycles. The van der Waals surface area contributed by atoms with Crippen LogP contribution in [0.1, 0.15) is 40.1 Å². The van der Waals surface area contributed by atoms with Crippen LogP contribution >= 0.6 is 0 Å². The number of piperazine rings is 1. The fourth-order valence-electron chi connectivity index (χ4n) is 4.52. The van der Waals surface area contributed by atoms with E-state index < -0.39 is 0 Å². The van der Waals surface area contributed by atoms with Gasteiger partial charge in [-0.1, -0.05) is 42.5 Å². The minimum Gasteiger partial charge on any atom is -0.338 e. The Balaban J connectivity index is 1.36. The smallest absolute Gasteiger partial charge is 0.262 e. The molecule has 0 bridgehead atoms. The number of hydrogen-bond acceptors (Lipinski definition) is 4. The van der Waals surface area contributed by atoms with Gasteiger partial charge in [-0.25, -0.2) is 0 Å². The predicted molar refractivity (Wildman–Crippen MR) is 114 cm³/mol. The van der Waals surface area contributed by atoms with Crippen molar-refractivity contribution in [3.05, 3.63) is 71.3 Å². The van der Waals surface area contributed by atoms with Crippen LogP contribution in [0.15, 0.2) is 54.6 Å². The lowest BCUT2D eigenvalue weighted by Gasteiger charge is -2.44. The van der Waals surface area contributed by atoms with E-state index in [1.165, 1.54) is 5.56 Å². The summed E-state index contributed by atoms with van der Waals surface area (Å²) in [6.45, 7) is 6.19. The van der Waals surface area contributed by atoms with E-state index in [2.05, 4.69) is 43.0 Å². The molecule has 6 heteroatoms. The minimum absolute atomic E-state index is 0.175. The summed E-state index contributed by atoms with van der Waals surface area (Å²) >= 11 is 0. The van der Waals surface area contributed by atoms with Gasteiger partial charge >= 0.3 is 0 Å². The maximum absolute atomic E-state index is 12.9. The Morgan fingerprint density at radius 1 is 0.867 bits per heavy atom. The van der Waals surface area contributed by atoms with Crippen molar-refractivity contribution in [1.82, 2.24) is 14.7 Å². The van der Waals surface area contributed by atoms with Crippen molar-refractivity contribution in [3.63, 3.8) is 0 Å². The molecular formula is C24H27N3O3. The van der Waals surface area contributed by atoms with Gasteiger partial charge in [0, 0.05) is 31.7 Å². The van der Waals surface area contributed by atoms with Crippen LogP contribution in [0, 0.1) is 0 Å². The molecule has 3 amide bonds. The van der Waals surface area contributed by atoms with Crippen molar-refractivity contribution in [2.45, 2.75) is 32.4 Å². The number of hydrogen-bond donors (Lipinski definition) is 0. The zero-order chi connectivity index (χ0) is 21.3.